The summed E-state index contributed by atoms with van der Waals surface area (Å²) in [6.07, 6.45) is -4.32. The number of thioether (sulfide) groups is 1. The standard InChI is InChI=1S/C23H28F4N2O2S2/c1-16-13-19(24)20(14-21(16)32-15-23(25,26)27)28-9-11-29(12-10-28)33(30,31)18-7-5-17(6-8-18)22(2,3)4/h5-8,13-14H,9-12,15H2,1-4H3. The van der Waals surface area contributed by atoms with Gasteiger partial charge in [0.15, 0.2) is 0 Å². The number of benzene rings is 2. The number of hydrogen-bond donors (Lipinski definition) is 0. The van der Waals surface area contributed by atoms with E-state index in [0.717, 1.165) is 5.56 Å². The lowest BCUT2D eigenvalue weighted by molar-refractivity contribution is -0.105. The Morgan fingerprint density at radius 2 is 1.55 bits per heavy atom. The number of rotatable bonds is 5. The van der Waals surface area contributed by atoms with E-state index in [1.165, 1.54) is 16.4 Å². The summed E-state index contributed by atoms with van der Waals surface area (Å²) in [5, 5.41) is 0. The van der Waals surface area contributed by atoms with Crippen molar-refractivity contribution in [2.45, 2.75) is 49.1 Å². The van der Waals surface area contributed by atoms with Crippen LogP contribution in [0.15, 0.2) is 46.2 Å². The van der Waals surface area contributed by atoms with Gasteiger partial charge in [0.2, 0.25) is 10.0 Å². The molecular formula is C23H28F4N2O2S2. The van der Waals surface area contributed by atoms with E-state index in [0.29, 0.717) is 22.2 Å². The van der Waals surface area contributed by atoms with Crippen molar-refractivity contribution in [2.75, 3.05) is 36.8 Å². The molecule has 0 atom stereocenters. The van der Waals surface area contributed by atoms with Crippen molar-refractivity contribution >= 4 is 27.5 Å². The van der Waals surface area contributed by atoms with Crippen LogP contribution in [-0.2, 0) is 15.4 Å². The van der Waals surface area contributed by atoms with Crippen LogP contribution in [0.1, 0.15) is 31.9 Å². The summed E-state index contributed by atoms with van der Waals surface area (Å²) in [5.41, 5.74) is 1.56. The number of hydrogen-bond acceptors (Lipinski definition) is 4. The molecule has 0 aromatic heterocycles. The van der Waals surface area contributed by atoms with E-state index in [1.54, 1.807) is 24.0 Å². The average Bonchev–Trinajstić information content (AvgIpc) is 2.72. The molecule has 0 N–H and O–H groups in total. The first kappa shape index (κ1) is 25.8. The number of anilines is 1. The molecule has 0 spiro atoms. The van der Waals surface area contributed by atoms with Crippen molar-refractivity contribution < 1.29 is 26.0 Å². The van der Waals surface area contributed by atoms with Crippen LogP contribution in [0, 0.1) is 12.7 Å². The third-order valence-corrected chi connectivity index (χ3v) is 8.71. The summed E-state index contributed by atoms with van der Waals surface area (Å²) in [4.78, 5) is 2.25. The number of halogens is 4. The molecular weight excluding hydrogens is 476 g/mol. The van der Waals surface area contributed by atoms with Crippen molar-refractivity contribution in [2.24, 2.45) is 0 Å². The van der Waals surface area contributed by atoms with Gasteiger partial charge in [0, 0.05) is 31.1 Å². The molecule has 3 rings (SSSR count). The fourth-order valence-electron chi connectivity index (χ4n) is 3.64. The topological polar surface area (TPSA) is 40.6 Å². The maximum absolute atomic E-state index is 14.6. The van der Waals surface area contributed by atoms with E-state index in [2.05, 4.69) is 0 Å². The average molecular weight is 505 g/mol. The Hall–Kier alpha value is -1.78. The monoisotopic (exact) mass is 504 g/mol. The fourth-order valence-corrected chi connectivity index (χ4v) is 5.87. The Labute approximate surface area is 197 Å². The normalized spacial score (nSPS) is 16.3. The second kappa shape index (κ2) is 9.46. The highest BCUT2D eigenvalue weighted by Crippen LogP contribution is 2.34. The lowest BCUT2D eigenvalue weighted by Crippen LogP contribution is -2.48. The highest BCUT2D eigenvalue weighted by atomic mass is 32.2. The molecule has 1 aliphatic heterocycles. The Kier molecular flexibility index (Phi) is 7.41. The van der Waals surface area contributed by atoms with Gasteiger partial charge in [0.05, 0.1) is 16.3 Å². The molecule has 10 heteroatoms. The number of piperazine rings is 1. The molecule has 33 heavy (non-hydrogen) atoms. The first-order valence-electron chi connectivity index (χ1n) is 10.5. The van der Waals surface area contributed by atoms with Crippen LogP contribution in [0.4, 0.5) is 23.2 Å². The lowest BCUT2D eigenvalue weighted by atomic mass is 9.87. The maximum atomic E-state index is 14.6. The molecule has 0 saturated carbocycles. The van der Waals surface area contributed by atoms with E-state index in [4.69, 9.17) is 0 Å². The number of alkyl halides is 3. The summed E-state index contributed by atoms with van der Waals surface area (Å²) < 4.78 is 79.9. The lowest BCUT2D eigenvalue weighted by Gasteiger charge is -2.35. The van der Waals surface area contributed by atoms with Gasteiger partial charge < -0.3 is 4.90 Å². The van der Waals surface area contributed by atoms with Gasteiger partial charge in [-0.25, -0.2) is 12.8 Å². The Morgan fingerprint density at radius 3 is 2.06 bits per heavy atom. The molecule has 2 aromatic rings. The molecule has 1 heterocycles. The zero-order chi connectivity index (χ0) is 24.6. The van der Waals surface area contributed by atoms with Crippen molar-refractivity contribution in [3.8, 4) is 0 Å². The summed E-state index contributed by atoms with van der Waals surface area (Å²) in [7, 11) is -3.70. The zero-order valence-corrected chi connectivity index (χ0v) is 20.7. The van der Waals surface area contributed by atoms with Crippen molar-refractivity contribution in [1.82, 2.24) is 4.31 Å². The minimum absolute atomic E-state index is 0.0940. The van der Waals surface area contributed by atoms with E-state index < -0.39 is 27.8 Å². The molecule has 1 fully saturated rings. The molecule has 4 nitrogen and oxygen atoms in total. The predicted molar refractivity (Wildman–Crippen MR) is 124 cm³/mol. The zero-order valence-electron chi connectivity index (χ0n) is 19.0. The van der Waals surface area contributed by atoms with Crippen LogP contribution in [-0.4, -0.2) is 50.8 Å². The minimum Gasteiger partial charge on any atom is -0.366 e. The predicted octanol–water partition coefficient (Wildman–Crippen LogP) is 5.60. The van der Waals surface area contributed by atoms with E-state index in [-0.39, 0.29) is 42.2 Å². The summed E-state index contributed by atoms with van der Waals surface area (Å²) in [6, 6.07) is 9.48. The molecule has 1 saturated heterocycles. The quantitative estimate of drug-likeness (QED) is 0.393. The van der Waals surface area contributed by atoms with Gasteiger partial charge in [-0.15, -0.1) is 11.8 Å². The summed E-state index contributed by atoms with van der Waals surface area (Å²) in [6.45, 7) is 8.50. The molecule has 1 aliphatic rings. The van der Waals surface area contributed by atoms with Crippen LogP contribution >= 0.6 is 11.8 Å². The van der Waals surface area contributed by atoms with Gasteiger partial charge in [0.25, 0.3) is 0 Å². The van der Waals surface area contributed by atoms with Gasteiger partial charge in [0.1, 0.15) is 5.82 Å². The minimum atomic E-state index is -4.32. The highest BCUT2D eigenvalue weighted by molar-refractivity contribution is 7.99. The number of aryl methyl sites for hydroxylation is 1. The maximum Gasteiger partial charge on any atom is 0.398 e. The summed E-state index contributed by atoms with van der Waals surface area (Å²) in [5.74, 6) is -1.59. The van der Waals surface area contributed by atoms with Gasteiger partial charge >= 0.3 is 6.18 Å². The van der Waals surface area contributed by atoms with Crippen LogP contribution < -0.4 is 4.90 Å². The Bertz CT molecular complexity index is 1090. The highest BCUT2D eigenvalue weighted by Gasteiger charge is 2.31. The van der Waals surface area contributed by atoms with Crippen LogP contribution in [0.5, 0.6) is 0 Å². The molecule has 2 aromatic carbocycles. The van der Waals surface area contributed by atoms with Gasteiger partial charge in [-0.05, 0) is 47.7 Å². The molecule has 0 radical (unpaired) electrons. The smallest absolute Gasteiger partial charge is 0.366 e. The first-order valence-corrected chi connectivity index (χ1v) is 13.0. The number of nitrogens with zero attached hydrogens (tertiary/aromatic N) is 2. The van der Waals surface area contributed by atoms with Crippen LogP contribution in [0.25, 0.3) is 0 Å². The first-order chi connectivity index (χ1) is 15.2. The summed E-state index contributed by atoms with van der Waals surface area (Å²) >= 11 is 0.621. The van der Waals surface area contributed by atoms with Crippen LogP contribution in [0.3, 0.4) is 0 Å². The molecule has 182 valence electrons. The molecule has 0 aliphatic carbocycles. The molecule has 0 amide bonds. The van der Waals surface area contributed by atoms with Gasteiger partial charge in [-0.3, -0.25) is 0 Å². The van der Waals surface area contributed by atoms with E-state index in [9.17, 15) is 26.0 Å². The Morgan fingerprint density at radius 1 is 0.970 bits per heavy atom. The third kappa shape index (κ3) is 6.22. The van der Waals surface area contributed by atoms with Gasteiger partial charge in [-0.2, -0.15) is 17.5 Å². The number of sulfonamides is 1. The molecule has 0 bridgehead atoms. The largest absolute Gasteiger partial charge is 0.398 e. The fraction of sp³-hybridized carbons (Fsp3) is 0.478. The molecule has 0 unspecified atom stereocenters. The van der Waals surface area contributed by atoms with Crippen molar-refractivity contribution in [3.63, 3.8) is 0 Å². The second-order valence-corrected chi connectivity index (χ2v) is 12.1. The van der Waals surface area contributed by atoms with Crippen LogP contribution in [0.2, 0.25) is 0 Å². The third-order valence-electron chi connectivity index (χ3n) is 5.57. The van der Waals surface area contributed by atoms with E-state index >= 15 is 0 Å². The van der Waals surface area contributed by atoms with Gasteiger partial charge in [-0.1, -0.05) is 32.9 Å². The Balaban J connectivity index is 1.73. The van der Waals surface area contributed by atoms with E-state index in [1.807, 2.05) is 32.9 Å². The second-order valence-electron chi connectivity index (χ2n) is 9.14. The van der Waals surface area contributed by atoms with Crippen molar-refractivity contribution in [1.29, 1.82) is 0 Å². The van der Waals surface area contributed by atoms with Crippen molar-refractivity contribution in [3.05, 3.63) is 53.3 Å². The SMILES string of the molecule is Cc1cc(F)c(N2CCN(S(=O)(=O)c3ccc(C(C)(C)C)cc3)CC2)cc1SCC(F)(F)F.